The summed E-state index contributed by atoms with van der Waals surface area (Å²) in [4.78, 5) is 12.3. The number of carbonyl (C=O) groups is 1. The highest BCUT2D eigenvalue weighted by Gasteiger charge is 2.16. The van der Waals surface area contributed by atoms with Crippen molar-refractivity contribution in [3.8, 4) is 5.75 Å². The van der Waals surface area contributed by atoms with Crippen LogP contribution in [0.15, 0.2) is 40.9 Å². The molecule has 0 aliphatic carbocycles. The van der Waals surface area contributed by atoms with Crippen molar-refractivity contribution in [1.29, 1.82) is 0 Å². The third kappa shape index (κ3) is 4.10. The van der Waals surface area contributed by atoms with Crippen LogP contribution < -0.4 is 10.1 Å². The SMILES string of the molecule is Cc1ccc(C)c(O[C@@H](C)C(=O)Nc2ccc(Br)c(C)c2)c1. The van der Waals surface area contributed by atoms with Gasteiger partial charge in [0.05, 0.1) is 0 Å². The predicted molar refractivity (Wildman–Crippen MR) is 93.5 cm³/mol. The van der Waals surface area contributed by atoms with Crippen LogP contribution in [-0.4, -0.2) is 12.0 Å². The molecule has 0 heterocycles. The van der Waals surface area contributed by atoms with Crippen molar-refractivity contribution in [3.63, 3.8) is 0 Å². The summed E-state index contributed by atoms with van der Waals surface area (Å²) in [6.07, 6.45) is -0.565. The van der Waals surface area contributed by atoms with Gasteiger partial charge >= 0.3 is 0 Å². The van der Waals surface area contributed by atoms with Crippen LogP contribution in [0.5, 0.6) is 5.75 Å². The zero-order chi connectivity index (χ0) is 16.3. The first-order valence-electron chi connectivity index (χ1n) is 7.18. The molecule has 0 aliphatic heterocycles. The van der Waals surface area contributed by atoms with Crippen LogP contribution in [0.2, 0.25) is 0 Å². The number of amides is 1. The zero-order valence-corrected chi connectivity index (χ0v) is 14.8. The Hall–Kier alpha value is -1.81. The molecule has 116 valence electrons. The summed E-state index contributed by atoms with van der Waals surface area (Å²) in [6, 6.07) is 11.7. The van der Waals surface area contributed by atoms with Crippen LogP contribution >= 0.6 is 15.9 Å². The first-order valence-corrected chi connectivity index (χ1v) is 7.97. The first kappa shape index (κ1) is 16.6. The van der Waals surface area contributed by atoms with Gasteiger partial charge < -0.3 is 10.1 Å². The molecule has 22 heavy (non-hydrogen) atoms. The molecular formula is C18H20BrNO2. The highest BCUT2D eigenvalue weighted by molar-refractivity contribution is 9.10. The molecule has 3 nitrogen and oxygen atoms in total. The fourth-order valence-electron chi connectivity index (χ4n) is 2.04. The van der Waals surface area contributed by atoms with E-state index in [1.54, 1.807) is 6.92 Å². The molecule has 0 bridgehead atoms. The maximum atomic E-state index is 12.3. The third-order valence-corrected chi connectivity index (χ3v) is 4.33. The summed E-state index contributed by atoms with van der Waals surface area (Å²) >= 11 is 3.45. The van der Waals surface area contributed by atoms with E-state index in [0.717, 1.165) is 32.6 Å². The molecular weight excluding hydrogens is 342 g/mol. The molecule has 1 atom stereocenters. The van der Waals surface area contributed by atoms with Crippen LogP contribution in [0.1, 0.15) is 23.6 Å². The molecule has 0 fully saturated rings. The molecule has 0 saturated carbocycles. The summed E-state index contributed by atoms with van der Waals surface area (Å²) in [6.45, 7) is 7.71. The molecule has 0 aliphatic rings. The second-order valence-corrected chi connectivity index (χ2v) is 6.34. The molecule has 0 spiro atoms. The van der Waals surface area contributed by atoms with Crippen molar-refractivity contribution in [2.75, 3.05) is 5.32 Å². The lowest BCUT2D eigenvalue weighted by molar-refractivity contribution is -0.122. The largest absolute Gasteiger partial charge is 0.481 e. The van der Waals surface area contributed by atoms with Crippen molar-refractivity contribution >= 4 is 27.5 Å². The first-order chi connectivity index (χ1) is 10.4. The van der Waals surface area contributed by atoms with E-state index in [2.05, 4.69) is 21.2 Å². The van der Waals surface area contributed by atoms with Crippen LogP contribution in [0.4, 0.5) is 5.69 Å². The minimum Gasteiger partial charge on any atom is -0.481 e. The lowest BCUT2D eigenvalue weighted by Gasteiger charge is -2.17. The van der Waals surface area contributed by atoms with E-state index < -0.39 is 6.10 Å². The smallest absolute Gasteiger partial charge is 0.265 e. The number of hydrogen-bond acceptors (Lipinski definition) is 2. The van der Waals surface area contributed by atoms with Gasteiger partial charge in [0.1, 0.15) is 5.75 Å². The molecule has 1 N–H and O–H groups in total. The van der Waals surface area contributed by atoms with Gasteiger partial charge in [-0.25, -0.2) is 0 Å². The number of carbonyl (C=O) groups excluding carboxylic acids is 1. The lowest BCUT2D eigenvalue weighted by atomic mass is 10.1. The summed E-state index contributed by atoms with van der Waals surface area (Å²) in [5.41, 5.74) is 3.96. The van der Waals surface area contributed by atoms with Crippen molar-refractivity contribution < 1.29 is 9.53 Å². The van der Waals surface area contributed by atoms with Gasteiger partial charge in [-0.2, -0.15) is 0 Å². The number of rotatable bonds is 4. The molecule has 0 aromatic heterocycles. The molecule has 1 amide bonds. The predicted octanol–water partition coefficient (Wildman–Crippen LogP) is 4.78. The van der Waals surface area contributed by atoms with Crippen molar-refractivity contribution in [3.05, 3.63) is 57.6 Å². The Balaban J connectivity index is 2.05. The van der Waals surface area contributed by atoms with Crippen LogP contribution in [0, 0.1) is 20.8 Å². The Labute approximate surface area is 139 Å². The number of ether oxygens (including phenoxy) is 1. The molecule has 4 heteroatoms. The van der Waals surface area contributed by atoms with Gasteiger partial charge in [0.2, 0.25) is 0 Å². The van der Waals surface area contributed by atoms with Gasteiger partial charge in [-0.1, -0.05) is 28.1 Å². The van der Waals surface area contributed by atoms with Gasteiger partial charge in [0.25, 0.3) is 5.91 Å². The highest BCUT2D eigenvalue weighted by atomic mass is 79.9. The van der Waals surface area contributed by atoms with Crippen LogP contribution in [-0.2, 0) is 4.79 Å². The van der Waals surface area contributed by atoms with Crippen LogP contribution in [0.3, 0.4) is 0 Å². The minimum absolute atomic E-state index is 0.164. The standard InChI is InChI=1S/C18H20BrNO2/c1-11-5-6-12(2)17(9-11)22-14(4)18(21)20-15-7-8-16(19)13(3)10-15/h5-10,14H,1-4H3,(H,20,21)/t14-/m0/s1. The second-order valence-electron chi connectivity index (χ2n) is 5.48. The number of benzene rings is 2. The topological polar surface area (TPSA) is 38.3 Å². The van der Waals surface area contributed by atoms with Gasteiger partial charge in [0.15, 0.2) is 6.10 Å². The van der Waals surface area contributed by atoms with Gasteiger partial charge in [-0.05, 0) is 68.7 Å². The lowest BCUT2D eigenvalue weighted by Crippen LogP contribution is -2.30. The van der Waals surface area contributed by atoms with Gasteiger partial charge in [-0.3, -0.25) is 4.79 Å². The van der Waals surface area contributed by atoms with E-state index in [9.17, 15) is 4.79 Å². The summed E-state index contributed by atoms with van der Waals surface area (Å²) < 4.78 is 6.81. The average molecular weight is 362 g/mol. The second kappa shape index (κ2) is 6.97. The van der Waals surface area contributed by atoms with Gasteiger partial charge in [0, 0.05) is 10.2 Å². The molecule has 2 aromatic carbocycles. The minimum atomic E-state index is -0.565. The van der Waals surface area contributed by atoms with E-state index in [4.69, 9.17) is 4.74 Å². The van der Waals surface area contributed by atoms with E-state index in [1.165, 1.54) is 0 Å². The number of halogens is 1. The zero-order valence-electron chi connectivity index (χ0n) is 13.2. The maximum Gasteiger partial charge on any atom is 0.265 e. The molecule has 0 radical (unpaired) electrons. The Bertz CT molecular complexity index is 697. The number of aryl methyl sites for hydroxylation is 3. The molecule has 0 unspecified atom stereocenters. The monoisotopic (exact) mass is 361 g/mol. The Morgan fingerprint density at radius 3 is 2.50 bits per heavy atom. The summed E-state index contributed by atoms with van der Waals surface area (Å²) in [7, 11) is 0. The summed E-state index contributed by atoms with van der Waals surface area (Å²) in [5.74, 6) is 0.581. The molecule has 2 rings (SSSR count). The fourth-order valence-corrected chi connectivity index (χ4v) is 2.29. The van der Waals surface area contributed by atoms with Gasteiger partial charge in [-0.15, -0.1) is 0 Å². The van der Waals surface area contributed by atoms with Crippen molar-refractivity contribution in [1.82, 2.24) is 0 Å². The van der Waals surface area contributed by atoms with E-state index in [0.29, 0.717) is 0 Å². The Kier molecular flexibility index (Phi) is 5.24. The third-order valence-electron chi connectivity index (χ3n) is 3.44. The van der Waals surface area contributed by atoms with E-state index in [-0.39, 0.29) is 5.91 Å². The quantitative estimate of drug-likeness (QED) is 0.850. The average Bonchev–Trinajstić information content (AvgIpc) is 2.46. The molecule has 2 aromatic rings. The van der Waals surface area contributed by atoms with E-state index >= 15 is 0 Å². The van der Waals surface area contributed by atoms with E-state index in [1.807, 2.05) is 57.2 Å². The summed E-state index contributed by atoms with van der Waals surface area (Å²) in [5, 5.41) is 2.88. The molecule has 0 saturated heterocycles. The normalized spacial score (nSPS) is 11.9. The number of nitrogens with one attached hydrogen (secondary N) is 1. The van der Waals surface area contributed by atoms with Crippen LogP contribution in [0.25, 0.3) is 0 Å². The highest BCUT2D eigenvalue weighted by Crippen LogP contribution is 2.22. The number of hydrogen-bond donors (Lipinski definition) is 1. The van der Waals surface area contributed by atoms with Crippen molar-refractivity contribution in [2.24, 2.45) is 0 Å². The Morgan fingerprint density at radius 2 is 1.82 bits per heavy atom. The van der Waals surface area contributed by atoms with Crippen molar-refractivity contribution in [2.45, 2.75) is 33.8 Å². The number of anilines is 1. The fraction of sp³-hybridized carbons (Fsp3) is 0.278. The Morgan fingerprint density at radius 1 is 1.09 bits per heavy atom. The maximum absolute atomic E-state index is 12.3.